The van der Waals surface area contributed by atoms with Crippen molar-refractivity contribution in [1.82, 2.24) is 19.6 Å². The van der Waals surface area contributed by atoms with Gasteiger partial charge in [-0.15, -0.1) is 5.10 Å². The number of aryl methyl sites for hydroxylation is 3. The topological polar surface area (TPSA) is 72.2 Å². The lowest BCUT2D eigenvalue weighted by atomic mass is 10.1. The van der Waals surface area contributed by atoms with Crippen LogP contribution in [0.1, 0.15) is 22.5 Å². The first-order chi connectivity index (χ1) is 13.9. The molecule has 0 aliphatic rings. The standard InChI is InChI=1S/C22H20FN5O/c1-13-7-6-8-16(11-13)21-26-22-24-14(2)17(15(3)28(22)27-21)12-20(29)25-19-10-5-4-9-18(19)23/h4-11H,12H2,1-3H3,(H,25,29). The molecule has 0 saturated heterocycles. The smallest absolute Gasteiger partial charge is 0.253 e. The van der Waals surface area contributed by atoms with Gasteiger partial charge in [-0.05, 0) is 39.0 Å². The van der Waals surface area contributed by atoms with Crippen molar-refractivity contribution >= 4 is 17.4 Å². The highest BCUT2D eigenvalue weighted by molar-refractivity contribution is 5.92. The Hall–Kier alpha value is -3.61. The summed E-state index contributed by atoms with van der Waals surface area (Å²) < 4.78 is 15.4. The van der Waals surface area contributed by atoms with Crippen LogP contribution in [0.5, 0.6) is 0 Å². The van der Waals surface area contributed by atoms with Crippen LogP contribution in [0.25, 0.3) is 17.2 Å². The van der Waals surface area contributed by atoms with E-state index in [2.05, 4.69) is 20.4 Å². The van der Waals surface area contributed by atoms with Crippen LogP contribution in [0.15, 0.2) is 48.5 Å². The van der Waals surface area contributed by atoms with Crippen molar-refractivity contribution in [2.75, 3.05) is 5.32 Å². The van der Waals surface area contributed by atoms with Crippen LogP contribution < -0.4 is 5.32 Å². The molecule has 4 aromatic rings. The Bertz CT molecular complexity index is 1230. The number of hydrogen-bond acceptors (Lipinski definition) is 4. The second-order valence-corrected chi connectivity index (χ2v) is 6.98. The molecule has 0 unspecified atom stereocenters. The van der Waals surface area contributed by atoms with E-state index < -0.39 is 5.82 Å². The van der Waals surface area contributed by atoms with Gasteiger partial charge in [0.15, 0.2) is 5.82 Å². The Morgan fingerprint density at radius 1 is 1.07 bits per heavy atom. The first-order valence-corrected chi connectivity index (χ1v) is 9.26. The molecule has 2 aromatic carbocycles. The minimum Gasteiger partial charge on any atom is -0.323 e. The average Bonchev–Trinajstić information content (AvgIpc) is 3.11. The van der Waals surface area contributed by atoms with E-state index in [0.29, 0.717) is 17.3 Å². The highest BCUT2D eigenvalue weighted by Gasteiger charge is 2.17. The van der Waals surface area contributed by atoms with Gasteiger partial charge in [0.2, 0.25) is 5.91 Å². The summed E-state index contributed by atoms with van der Waals surface area (Å²) in [7, 11) is 0. The Balaban J connectivity index is 1.66. The number of anilines is 1. The zero-order chi connectivity index (χ0) is 20.5. The number of hydrogen-bond donors (Lipinski definition) is 1. The monoisotopic (exact) mass is 389 g/mol. The second-order valence-electron chi connectivity index (χ2n) is 6.98. The molecule has 0 atom stereocenters. The molecule has 4 rings (SSSR count). The van der Waals surface area contributed by atoms with E-state index in [1.807, 2.05) is 45.0 Å². The van der Waals surface area contributed by atoms with Gasteiger partial charge in [0, 0.05) is 22.5 Å². The number of nitrogens with zero attached hydrogens (tertiary/aromatic N) is 4. The largest absolute Gasteiger partial charge is 0.323 e. The first-order valence-electron chi connectivity index (χ1n) is 9.26. The first kappa shape index (κ1) is 18.7. The van der Waals surface area contributed by atoms with Gasteiger partial charge in [-0.2, -0.15) is 4.98 Å². The molecule has 2 aromatic heterocycles. The van der Waals surface area contributed by atoms with Gasteiger partial charge in [0.05, 0.1) is 12.1 Å². The third-order valence-electron chi connectivity index (χ3n) is 4.81. The van der Waals surface area contributed by atoms with Crippen LogP contribution in [-0.2, 0) is 11.2 Å². The summed E-state index contributed by atoms with van der Waals surface area (Å²) in [5.74, 6) is 0.273. The van der Waals surface area contributed by atoms with E-state index in [-0.39, 0.29) is 18.0 Å². The molecule has 1 N–H and O–H groups in total. The van der Waals surface area contributed by atoms with Crippen molar-refractivity contribution < 1.29 is 9.18 Å². The molecule has 0 aliphatic heterocycles. The van der Waals surface area contributed by atoms with Crippen molar-refractivity contribution in [2.24, 2.45) is 0 Å². The van der Waals surface area contributed by atoms with Crippen molar-refractivity contribution in [3.63, 3.8) is 0 Å². The van der Waals surface area contributed by atoms with Crippen LogP contribution in [0, 0.1) is 26.6 Å². The van der Waals surface area contributed by atoms with Gasteiger partial charge in [0.25, 0.3) is 5.78 Å². The molecule has 0 bridgehead atoms. The zero-order valence-corrected chi connectivity index (χ0v) is 16.4. The molecule has 0 radical (unpaired) electrons. The van der Waals surface area contributed by atoms with Gasteiger partial charge in [-0.1, -0.05) is 35.9 Å². The number of rotatable bonds is 4. The molecule has 0 fully saturated rings. The normalized spacial score (nSPS) is 11.0. The maximum Gasteiger partial charge on any atom is 0.253 e. The summed E-state index contributed by atoms with van der Waals surface area (Å²) in [6.07, 6.45) is 0.0641. The quantitative estimate of drug-likeness (QED) is 0.572. The highest BCUT2D eigenvalue weighted by atomic mass is 19.1. The van der Waals surface area contributed by atoms with Gasteiger partial charge in [-0.25, -0.2) is 13.9 Å². The van der Waals surface area contributed by atoms with Crippen LogP contribution >= 0.6 is 0 Å². The zero-order valence-electron chi connectivity index (χ0n) is 16.4. The van der Waals surface area contributed by atoms with Gasteiger partial charge >= 0.3 is 0 Å². The molecule has 7 heteroatoms. The lowest BCUT2D eigenvalue weighted by Crippen LogP contribution is -2.18. The molecule has 0 saturated carbocycles. The fraction of sp³-hybridized carbons (Fsp3) is 0.182. The summed E-state index contributed by atoms with van der Waals surface area (Å²) >= 11 is 0. The number of para-hydroxylation sites is 1. The van der Waals surface area contributed by atoms with Crippen LogP contribution in [0.3, 0.4) is 0 Å². The summed E-state index contributed by atoms with van der Waals surface area (Å²) in [5, 5.41) is 7.19. The van der Waals surface area contributed by atoms with Crippen molar-refractivity contribution in [3.05, 3.63) is 76.9 Å². The van der Waals surface area contributed by atoms with E-state index in [4.69, 9.17) is 0 Å². The minimum atomic E-state index is -0.470. The molecular formula is C22H20FN5O. The highest BCUT2D eigenvalue weighted by Crippen LogP contribution is 2.21. The number of halogens is 1. The summed E-state index contributed by atoms with van der Waals surface area (Å²) in [5.41, 5.74) is 4.40. The van der Waals surface area contributed by atoms with E-state index in [9.17, 15) is 9.18 Å². The van der Waals surface area contributed by atoms with Gasteiger partial charge < -0.3 is 5.32 Å². The number of nitrogens with one attached hydrogen (secondary N) is 1. The van der Waals surface area contributed by atoms with Crippen LogP contribution in [-0.4, -0.2) is 25.5 Å². The molecular weight excluding hydrogens is 369 g/mol. The average molecular weight is 389 g/mol. The molecule has 146 valence electrons. The predicted octanol–water partition coefficient (Wildman–Crippen LogP) is 4.04. The molecule has 2 heterocycles. The molecule has 29 heavy (non-hydrogen) atoms. The summed E-state index contributed by atoms with van der Waals surface area (Å²) in [4.78, 5) is 21.5. The number of benzene rings is 2. The number of fused-ring (bicyclic) bond motifs is 1. The third-order valence-corrected chi connectivity index (χ3v) is 4.81. The summed E-state index contributed by atoms with van der Waals surface area (Å²) in [6, 6.07) is 14.0. The molecule has 0 spiro atoms. The number of amides is 1. The Morgan fingerprint density at radius 3 is 2.62 bits per heavy atom. The van der Waals surface area contributed by atoms with Crippen molar-refractivity contribution in [1.29, 1.82) is 0 Å². The lowest BCUT2D eigenvalue weighted by molar-refractivity contribution is -0.115. The van der Waals surface area contributed by atoms with E-state index in [1.165, 1.54) is 12.1 Å². The predicted molar refractivity (Wildman–Crippen MR) is 109 cm³/mol. The third kappa shape index (κ3) is 3.71. The van der Waals surface area contributed by atoms with Crippen molar-refractivity contribution in [3.8, 4) is 11.4 Å². The van der Waals surface area contributed by atoms with E-state index in [1.54, 1.807) is 16.6 Å². The number of carbonyl (C=O) groups excluding carboxylic acids is 1. The maximum absolute atomic E-state index is 13.8. The van der Waals surface area contributed by atoms with E-state index >= 15 is 0 Å². The van der Waals surface area contributed by atoms with Crippen LogP contribution in [0.4, 0.5) is 10.1 Å². The molecule has 6 nitrogen and oxygen atoms in total. The lowest BCUT2D eigenvalue weighted by Gasteiger charge is -2.11. The fourth-order valence-corrected chi connectivity index (χ4v) is 3.29. The van der Waals surface area contributed by atoms with Gasteiger partial charge in [0.1, 0.15) is 5.82 Å². The van der Waals surface area contributed by atoms with Crippen molar-refractivity contribution in [2.45, 2.75) is 27.2 Å². The van der Waals surface area contributed by atoms with Gasteiger partial charge in [-0.3, -0.25) is 4.79 Å². The maximum atomic E-state index is 13.8. The van der Waals surface area contributed by atoms with Crippen LogP contribution in [0.2, 0.25) is 0 Å². The molecule has 1 amide bonds. The Morgan fingerprint density at radius 2 is 1.86 bits per heavy atom. The SMILES string of the molecule is Cc1cccc(-c2nc3nc(C)c(CC(=O)Nc4ccccc4F)c(C)n3n2)c1. The minimum absolute atomic E-state index is 0.0641. The fourth-order valence-electron chi connectivity index (χ4n) is 3.29. The van der Waals surface area contributed by atoms with E-state index in [0.717, 1.165) is 22.4 Å². The Labute approximate surface area is 167 Å². The summed E-state index contributed by atoms with van der Waals surface area (Å²) in [6.45, 7) is 5.72. The second kappa shape index (κ2) is 7.43. The molecule has 0 aliphatic carbocycles. The Kier molecular flexibility index (Phi) is 4.80. The number of carbonyl (C=O) groups is 1. The number of aromatic nitrogens is 4.